The average molecular weight is 174 g/mol. The first-order valence-corrected chi connectivity index (χ1v) is 5.10. The Morgan fingerprint density at radius 2 is 2.00 bits per heavy atom. The summed E-state index contributed by atoms with van der Waals surface area (Å²) in [6.07, 6.45) is 12.7. The van der Waals surface area contributed by atoms with E-state index in [0.29, 0.717) is 11.8 Å². The summed E-state index contributed by atoms with van der Waals surface area (Å²) < 4.78 is 0. The van der Waals surface area contributed by atoms with E-state index in [1.807, 2.05) is 0 Å². The van der Waals surface area contributed by atoms with Gasteiger partial charge in [0.05, 0.1) is 0 Å². The predicted octanol–water partition coefficient (Wildman–Crippen LogP) is 3.55. The summed E-state index contributed by atoms with van der Waals surface area (Å²) in [6.45, 7) is 4.15. The lowest BCUT2D eigenvalue weighted by Gasteiger charge is -2.24. The van der Waals surface area contributed by atoms with Crippen molar-refractivity contribution in [2.45, 2.75) is 39.5 Å². The third kappa shape index (κ3) is 3.13. The van der Waals surface area contributed by atoms with Gasteiger partial charge in [0.1, 0.15) is 0 Å². The van der Waals surface area contributed by atoms with E-state index < -0.39 is 0 Å². The first kappa shape index (κ1) is 10.2. The molecule has 0 radical (unpaired) electrons. The van der Waals surface area contributed by atoms with E-state index in [9.17, 15) is 0 Å². The Balaban J connectivity index is 2.67. The maximum atomic E-state index is 5.50. The zero-order valence-corrected chi connectivity index (χ0v) is 8.64. The fourth-order valence-electron chi connectivity index (χ4n) is 1.84. The number of allylic oxidation sites excluding steroid dienone is 1. The van der Waals surface area contributed by atoms with E-state index >= 15 is 0 Å². The van der Waals surface area contributed by atoms with Crippen LogP contribution >= 0.6 is 0 Å². The molecule has 0 N–H and O–H groups in total. The van der Waals surface area contributed by atoms with E-state index in [4.69, 9.17) is 6.42 Å². The van der Waals surface area contributed by atoms with Crippen molar-refractivity contribution in [3.63, 3.8) is 0 Å². The minimum atomic E-state index is 0.459. The molecule has 2 atom stereocenters. The Bertz CT molecular complexity index is 254. The van der Waals surface area contributed by atoms with Gasteiger partial charge in [-0.05, 0) is 44.3 Å². The first-order valence-electron chi connectivity index (χ1n) is 5.10. The van der Waals surface area contributed by atoms with Crippen molar-refractivity contribution in [1.82, 2.24) is 0 Å². The van der Waals surface area contributed by atoms with Gasteiger partial charge in [-0.25, -0.2) is 0 Å². The summed E-state index contributed by atoms with van der Waals surface area (Å²) in [5, 5.41) is 0. The average Bonchev–Trinajstić information content (AvgIpc) is 2.15. The van der Waals surface area contributed by atoms with Crippen molar-refractivity contribution in [3.05, 3.63) is 17.4 Å². The van der Waals surface area contributed by atoms with Crippen LogP contribution in [0.5, 0.6) is 0 Å². The van der Waals surface area contributed by atoms with Crippen LogP contribution in [0.2, 0.25) is 0 Å². The molecule has 1 aliphatic rings. The summed E-state index contributed by atoms with van der Waals surface area (Å²) in [6, 6.07) is 0. The standard InChI is InChI=1S/C13H18/c1-4-12-7-5-6-8-13(12)10-9-11(2)3/h1,10,12-13H,5-8H2,2-3H3/t12-,13-/m0/s1. The van der Waals surface area contributed by atoms with Gasteiger partial charge in [0, 0.05) is 5.92 Å². The van der Waals surface area contributed by atoms with E-state index in [1.54, 1.807) is 0 Å². The number of terminal acetylenes is 1. The Labute approximate surface area is 81.7 Å². The van der Waals surface area contributed by atoms with Crippen molar-refractivity contribution in [1.29, 1.82) is 0 Å². The van der Waals surface area contributed by atoms with Crippen molar-refractivity contribution < 1.29 is 0 Å². The lowest BCUT2D eigenvalue weighted by atomic mass is 9.80. The van der Waals surface area contributed by atoms with Gasteiger partial charge in [-0.3, -0.25) is 0 Å². The minimum Gasteiger partial charge on any atom is -0.126 e. The van der Waals surface area contributed by atoms with Crippen LogP contribution in [0.15, 0.2) is 17.4 Å². The highest BCUT2D eigenvalue weighted by Crippen LogP contribution is 2.30. The molecule has 0 aromatic heterocycles. The number of rotatable bonds is 1. The largest absolute Gasteiger partial charge is 0.126 e. The fourth-order valence-corrected chi connectivity index (χ4v) is 1.84. The molecule has 0 heterocycles. The molecule has 1 rings (SSSR count). The fraction of sp³-hybridized carbons (Fsp3) is 0.615. The second kappa shape index (κ2) is 4.95. The van der Waals surface area contributed by atoms with Gasteiger partial charge in [0.2, 0.25) is 0 Å². The summed E-state index contributed by atoms with van der Waals surface area (Å²) in [5.74, 6) is 3.93. The predicted molar refractivity (Wildman–Crippen MR) is 57.2 cm³/mol. The quantitative estimate of drug-likeness (QED) is 0.421. The Kier molecular flexibility index (Phi) is 3.87. The molecule has 0 heteroatoms. The van der Waals surface area contributed by atoms with Gasteiger partial charge in [-0.1, -0.05) is 12.8 Å². The zero-order valence-electron chi connectivity index (χ0n) is 8.64. The summed E-state index contributed by atoms with van der Waals surface area (Å²) >= 11 is 0. The molecule has 70 valence electrons. The van der Waals surface area contributed by atoms with Crippen LogP contribution in [0.25, 0.3) is 0 Å². The second-order valence-corrected chi connectivity index (χ2v) is 4.03. The normalized spacial score (nSPS) is 27.2. The lowest BCUT2D eigenvalue weighted by Crippen LogP contribution is -2.15. The SMILES string of the molecule is C#C[C@H]1CCCC[C@H]1C=C=C(C)C. The molecule has 0 spiro atoms. The molecule has 0 aliphatic heterocycles. The molecule has 0 unspecified atom stereocenters. The monoisotopic (exact) mass is 174 g/mol. The maximum absolute atomic E-state index is 5.50. The smallest absolute Gasteiger partial charge is 0.0269 e. The zero-order chi connectivity index (χ0) is 9.68. The molecular weight excluding hydrogens is 156 g/mol. The summed E-state index contributed by atoms with van der Waals surface area (Å²) in [7, 11) is 0. The van der Waals surface area contributed by atoms with Crippen LogP contribution in [0.4, 0.5) is 0 Å². The van der Waals surface area contributed by atoms with Gasteiger partial charge >= 0.3 is 0 Å². The molecule has 1 fully saturated rings. The summed E-state index contributed by atoms with van der Waals surface area (Å²) in [5.41, 5.74) is 4.51. The van der Waals surface area contributed by atoms with Crippen LogP contribution in [-0.4, -0.2) is 0 Å². The molecule has 0 aromatic carbocycles. The number of hydrogen-bond donors (Lipinski definition) is 0. The Morgan fingerprint density at radius 1 is 1.31 bits per heavy atom. The highest BCUT2D eigenvalue weighted by atomic mass is 14.2. The molecule has 0 nitrogen and oxygen atoms in total. The molecule has 0 saturated heterocycles. The second-order valence-electron chi connectivity index (χ2n) is 4.03. The minimum absolute atomic E-state index is 0.459. The Morgan fingerprint density at radius 3 is 2.62 bits per heavy atom. The molecule has 13 heavy (non-hydrogen) atoms. The van der Waals surface area contributed by atoms with Gasteiger partial charge in [0.25, 0.3) is 0 Å². The molecular formula is C13H18. The van der Waals surface area contributed by atoms with E-state index in [0.717, 1.165) is 0 Å². The third-order valence-electron chi connectivity index (χ3n) is 2.62. The maximum Gasteiger partial charge on any atom is 0.0269 e. The van der Waals surface area contributed by atoms with E-state index in [-0.39, 0.29) is 0 Å². The van der Waals surface area contributed by atoms with Crippen molar-refractivity contribution in [3.8, 4) is 12.3 Å². The molecule has 0 aromatic rings. The number of hydrogen-bond acceptors (Lipinski definition) is 0. The van der Waals surface area contributed by atoms with E-state index in [2.05, 4.69) is 31.6 Å². The molecule has 0 bridgehead atoms. The highest BCUT2D eigenvalue weighted by Gasteiger charge is 2.20. The topological polar surface area (TPSA) is 0 Å². The van der Waals surface area contributed by atoms with Crippen LogP contribution < -0.4 is 0 Å². The third-order valence-corrected chi connectivity index (χ3v) is 2.62. The first-order chi connectivity index (χ1) is 6.24. The summed E-state index contributed by atoms with van der Waals surface area (Å²) in [4.78, 5) is 0. The van der Waals surface area contributed by atoms with Gasteiger partial charge in [-0.15, -0.1) is 18.1 Å². The van der Waals surface area contributed by atoms with Crippen molar-refractivity contribution in [2.75, 3.05) is 0 Å². The van der Waals surface area contributed by atoms with Crippen LogP contribution in [0, 0.1) is 24.2 Å². The van der Waals surface area contributed by atoms with Crippen LogP contribution in [0.1, 0.15) is 39.5 Å². The van der Waals surface area contributed by atoms with Crippen molar-refractivity contribution >= 4 is 0 Å². The van der Waals surface area contributed by atoms with Crippen molar-refractivity contribution in [2.24, 2.45) is 11.8 Å². The Hall–Kier alpha value is -0.920. The van der Waals surface area contributed by atoms with E-state index in [1.165, 1.54) is 31.3 Å². The van der Waals surface area contributed by atoms with Crippen LogP contribution in [0.3, 0.4) is 0 Å². The molecule has 1 aliphatic carbocycles. The van der Waals surface area contributed by atoms with Gasteiger partial charge in [0.15, 0.2) is 0 Å². The molecule has 1 saturated carbocycles. The van der Waals surface area contributed by atoms with Crippen LogP contribution in [-0.2, 0) is 0 Å². The lowest BCUT2D eigenvalue weighted by molar-refractivity contribution is 0.348. The molecule has 0 amide bonds. The van der Waals surface area contributed by atoms with Gasteiger partial charge < -0.3 is 0 Å². The van der Waals surface area contributed by atoms with Gasteiger partial charge in [-0.2, -0.15) is 0 Å². The highest BCUT2D eigenvalue weighted by molar-refractivity contribution is 5.06.